The average molecular weight is 336 g/mol. The minimum atomic E-state index is 0.0447. The molecule has 3 nitrogen and oxygen atoms in total. The third-order valence-electron chi connectivity index (χ3n) is 3.56. The molecule has 0 amide bonds. The Bertz CT molecular complexity index is 596. The molecule has 20 heavy (non-hydrogen) atoms. The summed E-state index contributed by atoms with van der Waals surface area (Å²) >= 11 is 3.62. The van der Waals surface area contributed by atoms with E-state index in [0.717, 1.165) is 15.9 Å². The molecule has 2 aromatic rings. The zero-order valence-corrected chi connectivity index (χ0v) is 14.1. The Morgan fingerprint density at radius 2 is 1.95 bits per heavy atom. The highest BCUT2D eigenvalue weighted by atomic mass is 79.9. The highest BCUT2D eigenvalue weighted by molar-refractivity contribution is 9.10. The van der Waals surface area contributed by atoms with Crippen molar-refractivity contribution in [3.05, 3.63) is 51.8 Å². The number of benzene rings is 1. The molecule has 1 atom stereocenters. The van der Waals surface area contributed by atoms with Gasteiger partial charge in [0.1, 0.15) is 0 Å². The maximum atomic E-state index is 6.03. The lowest BCUT2D eigenvalue weighted by Crippen LogP contribution is -2.17. The highest BCUT2D eigenvalue weighted by Gasteiger charge is 2.24. The van der Waals surface area contributed by atoms with Crippen molar-refractivity contribution in [2.75, 3.05) is 6.54 Å². The summed E-state index contributed by atoms with van der Waals surface area (Å²) in [5.41, 5.74) is 9.54. The first-order chi connectivity index (χ1) is 9.34. The molecule has 0 bridgehead atoms. The van der Waals surface area contributed by atoms with E-state index in [0.29, 0.717) is 6.54 Å². The van der Waals surface area contributed by atoms with Crippen molar-refractivity contribution in [2.24, 2.45) is 12.8 Å². The zero-order chi connectivity index (χ0) is 14.9. The largest absolute Gasteiger partial charge is 0.329 e. The molecular weight excluding hydrogens is 314 g/mol. The molecule has 108 valence electrons. The lowest BCUT2D eigenvalue weighted by Gasteiger charge is -2.17. The normalized spacial score (nSPS) is 13.5. The predicted molar refractivity (Wildman–Crippen MR) is 86.9 cm³/mol. The number of aryl methyl sites for hydroxylation is 1. The molecule has 1 unspecified atom stereocenters. The summed E-state index contributed by atoms with van der Waals surface area (Å²) in [5.74, 6) is 0.152. The molecule has 0 saturated carbocycles. The van der Waals surface area contributed by atoms with Crippen molar-refractivity contribution in [2.45, 2.75) is 32.1 Å². The van der Waals surface area contributed by atoms with Crippen molar-refractivity contribution in [3.8, 4) is 0 Å². The highest BCUT2D eigenvalue weighted by Crippen LogP contribution is 2.31. The van der Waals surface area contributed by atoms with E-state index in [9.17, 15) is 0 Å². The topological polar surface area (TPSA) is 43.8 Å². The standard InChI is InChI=1S/C16H22BrN3/c1-16(2,3)15-9-14(20(4)19-15)12(10-18)11-7-5-6-8-13(11)17/h5-9,12H,10,18H2,1-4H3. The number of hydrogen-bond donors (Lipinski definition) is 1. The lowest BCUT2D eigenvalue weighted by atomic mass is 9.90. The summed E-state index contributed by atoms with van der Waals surface area (Å²) in [6.07, 6.45) is 0. The molecular formula is C16H22BrN3. The van der Waals surface area contributed by atoms with Gasteiger partial charge in [-0.3, -0.25) is 4.68 Å². The second-order valence-electron chi connectivity index (χ2n) is 6.14. The van der Waals surface area contributed by atoms with E-state index in [1.54, 1.807) is 0 Å². The van der Waals surface area contributed by atoms with Crippen LogP contribution < -0.4 is 5.73 Å². The third kappa shape index (κ3) is 2.96. The van der Waals surface area contributed by atoms with Crippen molar-refractivity contribution in [1.29, 1.82) is 0 Å². The zero-order valence-electron chi connectivity index (χ0n) is 12.5. The van der Waals surface area contributed by atoms with Crippen LogP contribution in [0.5, 0.6) is 0 Å². The van der Waals surface area contributed by atoms with Crippen molar-refractivity contribution in [1.82, 2.24) is 9.78 Å². The van der Waals surface area contributed by atoms with Crippen LogP contribution in [0.1, 0.15) is 43.6 Å². The summed E-state index contributed by atoms with van der Waals surface area (Å²) in [5, 5.41) is 4.65. The van der Waals surface area contributed by atoms with E-state index in [4.69, 9.17) is 5.73 Å². The number of hydrogen-bond acceptors (Lipinski definition) is 2. The second-order valence-corrected chi connectivity index (χ2v) is 6.99. The Hall–Kier alpha value is -1.13. The SMILES string of the molecule is Cn1nc(C(C)(C)C)cc1C(CN)c1ccccc1Br. The van der Waals surface area contributed by atoms with Gasteiger partial charge in [0.2, 0.25) is 0 Å². The van der Waals surface area contributed by atoms with Crippen LogP contribution in [0.3, 0.4) is 0 Å². The average Bonchev–Trinajstić information content (AvgIpc) is 2.75. The fraction of sp³-hybridized carbons (Fsp3) is 0.438. The first-order valence-electron chi connectivity index (χ1n) is 6.83. The van der Waals surface area contributed by atoms with Gasteiger partial charge in [-0.15, -0.1) is 0 Å². The first kappa shape index (κ1) is 15.3. The number of halogens is 1. The predicted octanol–water partition coefficient (Wildman–Crippen LogP) is 3.57. The van der Waals surface area contributed by atoms with E-state index in [1.807, 2.05) is 23.9 Å². The number of nitrogens with two attached hydrogens (primary N) is 1. The summed E-state index contributed by atoms with van der Waals surface area (Å²) in [4.78, 5) is 0. The first-order valence-corrected chi connectivity index (χ1v) is 7.62. The molecule has 1 aromatic heterocycles. The third-order valence-corrected chi connectivity index (χ3v) is 4.28. The Morgan fingerprint density at radius 1 is 1.30 bits per heavy atom. The fourth-order valence-corrected chi connectivity index (χ4v) is 2.90. The molecule has 0 spiro atoms. The van der Waals surface area contributed by atoms with Crippen LogP contribution in [0.2, 0.25) is 0 Å². The van der Waals surface area contributed by atoms with Gasteiger partial charge in [0.15, 0.2) is 0 Å². The van der Waals surface area contributed by atoms with E-state index in [2.05, 4.69) is 60.0 Å². The van der Waals surface area contributed by atoms with Gasteiger partial charge in [-0.05, 0) is 17.7 Å². The van der Waals surface area contributed by atoms with Crippen LogP contribution in [-0.4, -0.2) is 16.3 Å². The molecule has 0 aliphatic rings. The van der Waals surface area contributed by atoms with E-state index in [1.165, 1.54) is 5.56 Å². The van der Waals surface area contributed by atoms with E-state index < -0.39 is 0 Å². The van der Waals surface area contributed by atoms with Crippen LogP contribution in [0.15, 0.2) is 34.8 Å². The Labute approximate surface area is 129 Å². The summed E-state index contributed by atoms with van der Waals surface area (Å²) in [6.45, 7) is 7.09. The number of nitrogens with zero attached hydrogens (tertiary/aromatic N) is 2. The molecule has 1 aromatic carbocycles. The van der Waals surface area contributed by atoms with E-state index >= 15 is 0 Å². The van der Waals surface area contributed by atoms with E-state index in [-0.39, 0.29) is 11.3 Å². The maximum absolute atomic E-state index is 6.03. The number of aromatic nitrogens is 2. The monoisotopic (exact) mass is 335 g/mol. The molecule has 0 aliphatic heterocycles. The lowest BCUT2D eigenvalue weighted by molar-refractivity contribution is 0.550. The van der Waals surface area contributed by atoms with Crippen LogP contribution in [0, 0.1) is 0 Å². The molecule has 2 N–H and O–H groups in total. The minimum absolute atomic E-state index is 0.0447. The molecule has 0 saturated heterocycles. The Balaban J connectivity index is 2.48. The summed E-state index contributed by atoms with van der Waals surface area (Å²) < 4.78 is 3.05. The van der Waals surface area contributed by atoms with Gasteiger partial charge >= 0.3 is 0 Å². The van der Waals surface area contributed by atoms with Crippen molar-refractivity contribution in [3.63, 3.8) is 0 Å². The minimum Gasteiger partial charge on any atom is -0.329 e. The van der Waals surface area contributed by atoms with Crippen LogP contribution in [-0.2, 0) is 12.5 Å². The Kier molecular flexibility index (Phi) is 4.35. The van der Waals surface area contributed by atoms with Gasteiger partial charge in [0, 0.05) is 35.1 Å². The molecule has 0 fully saturated rings. The van der Waals surface area contributed by atoms with Gasteiger partial charge in [-0.25, -0.2) is 0 Å². The molecule has 1 heterocycles. The molecule has 2 rings (SSSR count). The van der Waals surface area contributed by atoms with Crippen molar-refractivity contribution >= 4 is 15.9 Å². The molecule has 0 radical (unpaired) electrons. The fourth-order valence-electron chi connectivity index (χ4n) is 2.34. The van der Waals surface area contributed by atoms with Crippen molar-refractivity contribution < 1.29 is 0 Å². The van der Waals surface area contributed by atoms with Gasteiger partial charge < -0.3 is 5.73 Å². The van der Waals surface area contributed by atoms with Gasteiger partial charge in [0.05, 0.1) is 5.69 Å². The van der Waals surface area contributed by atoms with Gasteiger partial charge in [0.25, 0.3) is 0 Å². The maximum Gasteiger partial charge on any atom is 0.0681 e. The second kappa shape index (κ2) is 5.70. The van der Waals surface area contributed by atoms with Crippen LogP contribution in [0.25, 0.3) is 0 Å². The molecule has 4 heteroatoms. The smallest absolute Gasteiger partial charge is 0.0681 e. The van der Waals surface area contributed by atoms with Crippen LogP contribution >= 0.6 is 15.9 Å². The number of rotatable bonds is 3. The molecule has 0 aliphatic carbocycles. The van der Waals surface area contributed by atoms with Gasteiger partial charge in [-0.1, -0.05) is 54.9 Å². The quantitative estimate of drug-likeness (QED) is 0.931. The van der Waals surface area contributed by atoms with Gasteiger partial charge in [-0.2, -0.15) is 5.10 Å². The summed E-state index contributed by atoms with van der Waals surface area (Å²) in [6, 6.07) is 10.4. The van der Waals surface area contributed by atoms with Crippen LogP contribution in [0.4, 0.5) is 0 Å². The Morgan fingerprint density at radius 3 is 2.45 bits per heavy atom. The summed E-state index contributed by atoms with van der Waals surface area (Å²) in [7, 11) is 1.99.